The SMILES string of the molecule is CCCCCCCCCCCCCCCCCCCCCC(=O)O[C@H](COC(=O)CCCCCCCCCCCCCCCCCC(C)C)COP(=O)(O)OC[C@@H](O)COP(=O)(O)OC[C@@H](COC(=O)CCCCCCCCC(C)CC)OC(=O)CCCCCCCCCCCCC(C)CC. The van der Waals surface area contributed by atoms with E-state index in [2.05, 4.69) is 48.5 Å². The Morgan fingerprint density at radius 3 is 0.752 bits per heavy atom. The van der Waals surface area contributed by atoms with E-state index >= 15 is 0 Å². The van der Waals surface area contributed by atoms with Gasteiger partial charge in [0.05, 0.1) is 26.4 Å². The fourth-order valence-electron chi connectivity index (χ4n) is 12.6. The molecule has 0 aliphatic heterocycles. The van der Waals surface area contributed by atoms with Crippen molar-refractivity contribution in [3.8, 4) is 0 Å². The first-order chi connectivity index (χ1) is 48.8. The molecule has 0 aromatic heterocycles. The number of phosphoric acid groups is 2. The van der Waals surface area contributed by atoms with Gasteiger partial charge in [0.1, 0.15) is 19.3 Å². The van der Waals surface area contributed by atoms with E-state index in [0.29, 0.717) is 25.7 Å². The Labute approximate surface area is 619 Å². The van der Waals surface area contributed by atoms with E-state index in [0.717, 1.165) is 114 Å². The predicted octanol–water partition coefficient (Wildman–Crippen LogP) is 24.5. The van der Waals surface area contributed by atoms with Gasteiger partial charge in [0.2, 0.25) is 0 Å². The summed E-state index contributed by atoms with van der Waals surface area (Å²) in [5, 5.41) is 10.6. The number of aliphatic hydroxyl groups is 1. The molecule has 600 valence electrons. The van der Waals surface area contributed by atoms with Gasteiger partial charge in [0.25, 0.3) is 0 Å². The lowest BCUT2D eigenvalue weighted by Gasteiger charge is -2.21. The lowest BCUT2D eigenvalue weighted by molar-refractivity contribution is -0.161. The van der Waals surface area contributed by atoms with Gasteiger partial charge in [0.15, 0.2) is 12.2 Å². The molecule has 0 aliphatic rings. The third-order valence-corrected chi connectivity index (χ3v) is 21.8. The maximum Gasteiger partial charge on any atom is 0.472 e. The smallest absolute Gasteiger partial charge is 0.462 e. The highest BCUT2D eigenvalue weighted by Gasteiger charge is 2.30. The molecule has 0 bridgehead atoms. The lowest BCUT2D eigenvalue weighted by atomic mass is 9.99. The van der Waals surface area contributed by atoms with Crippen molar-refractivity contribution in [3.63, 3.8) is 0 Å². The molecule has 19 heteroatoms. The maximum atomic E-state index is 13.1. The highest BCUT2D eigenvalue weighted by Crippen LogP contribution is 2.45. The number of aliphatic hydroxyl groups excluding tert-OH is 1. The second-order valence-corrected chi connectivity index (χ2v) is 33.4. The van der Waals surface area contributed by atoms with Crippen LogP contribution in [0.1, 0.15) is 427 Å². The number of phosphoric ester groups is 2. The van der Waals surface area contributed by atoms with E-state index in [1.807, 2.05) is 0 Å². The largest absolute Gasteiger partial charge is 0.472 e. The van der Waals surface area contributed by atoms with Crippen LogP contribution in [-0.4, -0.2) is 96.7 Å². The van der Waals surface area contributed by atoms with E-state index in [4.69, 9.17) is 37.0 Å². The van der Waals surface area contributed by atoms with Crippen molar-refractivity contribution in [1.29, 1.82) is 0 Å². The summed E-state index contributed by atoms with van der Waals surface area (Å²) in [5.41, 5.74) is 0. The van der Waals surface area contributed by atoms with Crippen LogP contribution in [-0.2, 0) is 65.4 Å². The van der Waals surface area contributed by atoms with Gasteiger partial charge in [-0.05, 0) is 43.4 Å². The Kier molecular flexibility index (Phi) is 70.9. The minimum Gasteiger partial charge on any atom is -0.462 e. The van der Waals surface area contributed by atoms with Crippen molar-refractivity contribution in [2.75, 3.05) is 39.6 Å². The second-order valence-electron chi connectivity index (χ2n) is 30.5. The molecular weight excluding hydrogens is 1320 g/mol. The number of hydrogen-bond acceptors (Lipinski definition) is 15. The molecule has 0 aromatic rings. The molecule has 0 aromatic carbocycles. The highest BCUT2D eigenvalue weighted by molar-refractivity contribution is 7.47. The van der Waals surface area contributed by atoms with Gasteiger partial charge >= 0.3 is 39.5 Å². The van der Waals surface area contributed by atoms with Crippen molar-refractivity contribution >= 4 is 39.5 Å². The Balaban J connectivity index is 5.24. The highest BCUT2D eigenvalue weighted by atomic mass is 31.2. The van der Waals surface area contributed by atoms with Crippen LogP contribution in [0.2, 0.25) is 0 Å². The summed E-state index contributed by atoms with van der Waals surface area (Å²) in [4.78, 5) is 73.1. The van der Waals surface area contributed by atoms with Gasteiger partial charge < -0.3 is 33.8 Å². The molecule has 0 aliphatic carbocycles. The van der Waals surface area contributed by atoms with Crippen LogP contribution < -0.4 is 0 Å². The fourth-order valence-corrected chi connectivity index (χ4v) is 14.2. The molecule has 0 saturated heterocycles. The number of esters is 4. The van der Waals surface area contributed by atoms with Gasteiger partial charge in [-0.25, -0.2) is 9.13 Å². The summed E-state index contributed by atoms with van der Waals surface area (Å²) in [7, 11) is -9.92. The molecule has 0 fully saturated rings. The molecule has 101 heavy (non-hydrogen) atoms. The van der Waals surface area contributed by atoms with Crippen molar-refractivity contribution in [2.24, 2.45) is 17.8 Å². The molecule has 4 unspecified atom stereocenters. The maximum absolute atomic E-state index is 13.1. The first-order valence-electron chi connectivity index (χ1n) is 42.4. The fraction of sp³-hybridized carbons (Fsp3) is 0.951. The Bertz CT molecular complexity index is 1960. The van der Waals surface area contributed by atoms with E-state index in [9.17, 15) is 43.2 Å². The van der Waals surface area contributed by atoms with E-state index < -0.39 is 97.5 Å². The first-order valence-corrected chi connectivity index (χ1v) is 45.4. The van der Waals surface area contributed by atoms with E-state index in [1.54, 1.807) is 0 Å². The van der Waals surface area contributed by atoms with Crippen LogP contribution in [0, 0.1) is 17.8 Å². The number of hydrogen-bond donors (Lipinski definition) is 3. The standard InChI is InChI=1S/C82H160O17P2/c1-8-11-12-13-14-15-16-17-18-19-20-21-24-28-31-37-42-51-58-65-81(86)98-77(69-92-79(84)63-56-49-41-36-30-27-25-22-23-26-29-34-39-46-53-60-73(4)5)71-96-100(88,89)94-67-76(83)68-95-101(90,91)97-72-78(70-93-80(85)64-57-50-45-44-48-55-62-75(7)10-3)99-82(87)66-59-52-43-38-33-32-35-40-47-54-61-74(6)9-2/h73-78,83H,8-72H2,1-7H3,(H,88,89)(H,90,91)/t74?,75?,76-,77-,78-/m1/s1. The summed E-state index contributed by atoms with van der Waals surface area (Å²) in [5.74, 6) is 0.229. The Hall–Kier alpha value is -1.94. The molecule has 0 saturated carbocycles. The Morgan fingerprint density at radius 2 is 0.505 bits per heavy atom. The summed E-state index contributed by atoms with van der Waals surface area (Å²) in [6.07, 6.45) is 61.0. The molecule has 7 atom stereocenters. The van der Waals surface area contributed by atoms with Crippen molar-refractivity contribution < 1.29 is 80.2 Å². The molecule has 0 rings (SSSR count). The van der Waals surface area contributed by atoms with E-state index in [-0.39, 0.29) is 25.7 Å². The number of carbonyl (C=O) groups excluding carboxylic acids is 4. The third kappa shape index (κ3) is 73.4. The predicted molar refractivity (Wildman–Crippen MR) is 414 cm³/mol. The van der Waals surface area contributed by atoms with Crippen molar-refractivity contribution in [3.05, 3.63) is 0 Å². The summed E-state index contributed by atoms with van der Waals surface area (Å²) >= 11 is 0. The zero-order chi connectivity index (χ0) is 74.4. The minimum atomic E-state index is -4.96. The topological polar surface area (TPSA) is 237 Å². The molecule has 0 spiro atoms. The summed E-state index contributed by atoms with van der Waals surface area (Å²) in [6, 6.07) is 0. The number of rotatable bonds is 80. The quantitative estimate of drug-likeness (QED) is 0.0222. The van der Waals surface area contributed by atoms with Gasteiger partial charge in [-0.3, -0.25) is 37.3 Å². The Morgan fingerprint density at radius 1 is 0.287 bits per heavy atom. The molecule has 17 nitrogen and oxygen atoms in total. The normalized spacial score (nSPS) is 14.5. The lowest BCUT2D eigenvalue weighted by Crippen LogP contribution is -2.30. The van der Waals surface area contributed by atoms with Crippen LogP contribution in [0.25, 0.3) is 0 Å². The number of unbranched alkanes of at least 4 members (excludes halogenated alkanes) is 46. The second kappa shape index (κ2) is 72.3. The van der Waals surface area contributed by atoms with Gasteiger partial charge in [-0.1, -0.05) is 376 Å². The van der Waals surface area contributed by atoms with Crippen LogP contribution in [0.5, 0.6) is 0 Å². The van der Waals surface area contributed by atoms with Gasteiger partial charge in [0, 0.05) is 25.7 Å². The number of ether oxygens (including phenoxy) is 4. The van der Waals surface area contributed by atoms with Crippen LogP contribution in [0.15, 0.2) is 0 Å². The van der Waals surface area contributed by atoms with Crippen LogP contribution in [0.4, 0.5) is 0 Å². The van der Waals surface area contributed by atoms with Crippen LogP contribution in [0.3, 0.4) is 0 Å². The average molecular weight is 1480 g/mol. The van der Waals surface area contributed by atoms with Crippen molar-refractivity contribution in [2.45, 2.75) is 446 Å². The molecular formula is C82H160O17P2. The minimum absolute atomic E-state index is 0.105. The van der Waals surface area contributed by atoms with Crippen molar-refractivity contribution in [1.82, 2.24) is 0 Å². The summed E-state index contributed by atoms with van der Waals surface area (Å²) < 4.78 is 68.8. The molecule has 0 heterocycles. The molecule has 0 radical (unpaired) electrons. The molecule has 0 amide bonds. The van der Waals surface area contributed by atoms with Gasteiger partial charge in [-0.2, -0.15) is 0 Å². The third-order valence-electron chi connectivity index (χ3n) is 19.9. The van der Waals surface area contributed by atoms with Gasteiger partial charge in [-0.15, -0.1) is 0 Å². The van der Waals surface area contributed by atoms with Crippen LogP contribution >= 0.6 is 15.6 Å². The monoisotopic (exact) mass is 1480 g/mol. The number of carbonyl (C=O) groups is 4. The zero-order valence-corrected chi connectivity index (χ0v) is 68.2. The first kappa shape index (κ1) is 99.1. The zero-order valence-electron chi connectivity index (χ0n) is 66.4. The summed E-state index contributed by atoms with van der Waals surface area (Å²) in [6.45, 7) is 12.0. The average Bonchev–Trinajstić information content (AvgIpc) is 0.947. The van der Waals surface area contributed by atoms with E-state index in [1.165, 1.54) is 231 Å². The molecule has 3 N–H and O–H groups in total.